The average molecular weight is 213 g/mol. The van der Waals surface area contributed by atoms with E-state index in [0.29, 0.717) is 12.5 Å². The van der Waals surface area contributed by atoms with Gasteiger partial charge in [0.05, 0.1) is 6.20 Å². The molecule has 0 aliphatic heterocycles. The van der Waals surface area contributed by atoms with Crippen LogP contribution in [0.25, 0.3) is 0 Å². The van der Waals surface area contributed by atoms with Crippen molar-refractivity contribution in [3.8, 4) is 0 Å². The highest BCUT2D eigenvalue weighted by Gasteiger charge is 2.28. The number of aromatic nitrogens is 1. The highest BCUT2D eigenvalue weighted by Crippen LogP contribution is 2.31. The zero-order valence-corrected chi connectivity index (χ0v) is 8.21. The minimum atomic E-state index is -0.682. The summed E-state index contributed by atoms with van der Waals surface area (Å²) in [5.41, 5.74) is 5.82. The van der Waals surface area contributed by atoms with Crippen molar-refractivity contribution in [2.75, 3.05) is 11.9 Å². The molecule has 1 atom stereocenters. The molecule has 1 aliphatic rings. The van der Waals surface area contributed by atoms with Gasteiger partial charge in [0.25, 0.3) is 0 Å². The summed E-state index contributed by atoms with van der Waals surface area (Å²) in [5.74, 6) is -0.754. The molecule has 1 saturated carbocycles. The number of halogens is 2. The molecule has 0 bridgehead atoms. The van der Waals surface area contributed by atoms with Crippen molar-refractivity contribution in [2.45, 2.75) is 18.9 Å². The van der Waals surface area contributed by atoms with Crippen molar-refractivity contribution >= 4 is 5.82 Å². The average Bonchev–Trinajstić information content (AvgIpc) is 2.99. The molecule has 15 heavy (non-hydrogen) atoms. The zero-order chi connectivity index (χ0) is 10.8. The minimum Gasteiger partial charge on any atom is -0.366 e. The van der Waals surface area contributed by atoms with Gasteiger partial charge in [0.15, 0.2) is 11.6 Å². The van der Waals surface area contributed by atoms with E-state index in [9.17, 15) is 8.78 Å². The fourth-order valence-corrected chi connectivity index (χ4v) is 1.45. The van der Waals surface area contributed by atoms with Crippen LogP contribution in [0.4, 0.5) is 14.6 Å². The number of pyridine rings is 1. The van der Waals surface area contributed by atoms with E-state index in [0.717, 1.165) is 25.1 Å². The molecule has 2 rings (SSSR count). The third-order valence-corrected chi connectivity index (χ3v) is 2.54. The van der Waals surface area contributed by atoms with Gasteiger partial charge in [0.1, 0.15) is 5.82 Å². The van der Waals surface area contributed by atoms with Gasteiger partial charge in [0, 0.05) is 18.7 Å². The maximum Gasteiger partial charge on any atom is 0.168 e. The highest BCUT2D eigenvalue weighted by atomic mass is 19.1. The van der Waals surface area contributed by atoms with Crippen molar-refractivity contribution in [3.05, 3.63) is 23.9 Å². The molecule has 1 aromatic rings. The first-order chi connectivity index (χ1) is 7.16. The highest BCUT2D eigenvalue weighted by molar-refractivity contribution is 5.36. The van der Waals surface area contributed by atoms with Crippen LogP contribution in [0, 0.1) is 17.6 Å². The lowest BCUT2D eigenvalue weighted by atomic mass is 10.2. The summed E-state index contributed by atoms with van der Waals surface area (Å²) in [4.78, 5) is 3.61. The first-order valence-electron chi connectivity index (χ1n) is 4.97. The summed E-state index contributed by atoms with van der Waals surface area (Å²) in [5, 5.41) is 2.78. The molecule has 3 N–H and O–H groups in total. The largest absolute Gasteiger partial charge is 0.366 e. The topological polar surface area (TPSA) is 50.9 Å². The Morgan fingerprint density at radius 2 is 2.27 bits per heavy atom. The van der Waals surface area contributed by atoms with Crippen molar-refractivity contribution in [2.24, 2.45) is 11.7 Å². The van der Waals surface area contributed by atoms with Gasteiger partial charge >= 0.3 is 0 Å². The Hall–Kier alpha value is -1.23. The number of nitrogens with zero attached hydrogens (tertiary/aromatic N) is 1. The Morgan fingerprint density at radius 3 is 2.87 bits per heavy atom. The fraction of sp³-hybridized carbons (Fsp3) is 0.500. The first-order valence-corrected chi connectivity index (χ1v) is 4.97. The normalized spacial score (nSPS) is 17.5. The molecular formula is C10H13F2N3. The molecule has 0 aromatic carbocycles. The Labute approximate surface area is 86.7 Å². The number of rotatable bonds is 4. The first kappa shape index (κ1) is 10.3. The smallest absolute Gasteiger partial charge is 0.168 e. The Bertz CT molecular complexity index is 353. The molecule has 82 valence electrons. The van der Waals surface area contributed by atoms with E-state index in [1.54, 1.807) is 0 Å². The lowest BCUT2D eigenvalue weighted by Gasteiger charge is -2.12. The number of hydrogen-bond acceptors (Lipinski definition) is 3. The standard InChI is InChI=1S/C10H13F2N3/c11-7-3-8(12)10(14-4-7)15-5-9(13)6-1-2-6/h3-4,6,9H,1-2,5,13H2,(H,14,15). The summed E-state index contributed by atoms with van der Waals surface area (Å²) in [6.45, 7) is 0.472. The summed E-state index contributed by atoms with van der Waals surface area (Å²) < 4.78 is 25.6. The molecule has 3 nitrogen and oxygen atoms in total. The van der Waals surface area contributed by atoms with Crippen molar-refractivity contribution in [3.63, 3.8) is 0 Å². The summed E-state index contributed by atoms with van der Waals surface area (Å²) >= 11 is 0. The van der Waals surface area contributed by atoms with Gasteiger partial charge in [-0.3, -0.25) is 0 Å². The van der Waals surface area contributed by atoms with Crippen molar-refractivity contribution < 1.29 is 8.78 Å². The van der Waals surface area contributed by atoms with Crippen LogP contribution >= 0.6 is 0 Å². The predicted molar refractivity (Wildman–Crippen MR) is 53.3 cm³/mol. The van der Waals surface area contributed by atoms with E-state index >= 15 is 0 Å². The van der Waals surface area contributed by atoms with E-state index in [-0.39, 0.29) is 11.9 Å². The molecule has 0 saturated heterocycles. The van der Waals surface area contributed by atoms with Crippen LogP contribution in [-0.4, -0.2) is 17.6 Å². The maximum absolute atomic E-state index is 13.1. The van der Waals surface area contributed by atoms with Crippen LogP contribution in [0.5, 0.6) is 0 Å². The maximum atomic E-state index is 13.1. The van der Waals surface area contributed by atoms with Gasteiger partial charge in [-0.05, 0) is 18.8 Å². The number of anilines is 1. The van der Waals surface area contributed by atoms with E-state index in [1.165, 1.54) is 0 Å². The molecule has 1 fully saturated rings. The van der Waals surface area contributed by atoms with Gasteiger partial charge in [-0.25, -0.2) is 13.8 Å². The zero-order valence-electron chi connectivity index (χ0n) is 8.21. The van der Waals surface area contributed by atoms with E-state index in [4.69, 9.17) is 5.73 Å². The second kappa shape index (κ2) is 4.10. The summed E-state index contributed by atoms with van der Waals surface area (Å²) in [6.07, 6.45) is 3.26. The van der Waals surface area contributed by atoms with Crippen molar-refractivity contribution in [1.82, 2.24) is 4.98 Å². The fourth-order valence-electron chi connectivity index (χ4n) is 1.45. The third kappa shape index (κ3) is 2.62. The van der Waals surface area contributed by atoms with E-state index < -0.39 is 11.6 Å². The van der Waals surface area contributed by atoms with Crippen molar-refractivity contribution in [1.29, 1.82) is 0 Å². The summed E-state index contributed by atoms with van der Waals surface area (Å²) in [7, 11) is 0. The molecule has 1 aromatic heterocycles. The Balaban J connectivity index is 1.92. The Morgan fingerprint density at radius 1 is 1.53 bits per heavy atom. The molecule has 1 unspecified atom stereocenters. The molecule has 0 amide bonds. The van der Waals surface area contributed by atoms with Crippen LogP contribution in [-0.2, 0) is 0 Å². The van der Waals surface area contributed by atoms with Gasteiger partial charge in [-0.1, -0.05) is 0 Å². The van der Waals surface area contributed by atoms with Gasteiger partial charge in [-0.15, -0.1) is 0 Å². The number of hydrogen-bond donors (Lipinski definition) is 2. The van der Waals surface area contributed by atoms with E-state index in [1.807, 2.05) is 0 Å². The van der Waals surface area contributed by atoms with Gasteiger partial charge in [0.2, 0.25) is 0 Å². The molecular weight excluding hydrogens is 200 g/mol. The van der Waals surface area contributed by atoms with Crippen LogP contribution in [0.3, 0.4) is 0 Å². The molecule has 0 radical (unpaired) electrons. The molecule has 5 heteroatoms. The van der Waals surface area contributed by atoms with Gasteiger partial charge in [-0.2, -0.15) is 0 Å². The molecule has 1 heterocycles. The van der Waals surface area contributed by atoms with Crippen LogP contribution in [0.2, 0.25) is 0 Å². The second-order valence-corrected chi connectivity index (χ2v) is 3.87. The van der Waals surface area contributed by atoms with Crippen LogP contribution in [0.1, 0.15) is 12.8 Å². The second-order valence-electron chi connectivity index (χ2n) is 3.87. The lowest BCUT2D eigenvalue weighted by molar-refractivity contribution is 0.570. The molecule has 1 aliphatic carbocycles. The number of nitrogens with two attached hydrogens (primary N) is 1. The predicted octanol–water partition coefficient (Wildman–Crippen LogP) is 1.51. The Kier molecular flexibility index (Phi) is 2.81. The lowest BCUT2D eigenvalue weighted by Crippen LogP contribution is -2.31. The van der Waals surface area contributed by atoms with Crippen LogP contribution in [0.15, 0.2) is 12.3 Å². The van der Waals surface area contributed by atoms with Gasteiger partial charge < -0.3 is 11.1 Å². The minimum absolute atomic E-state index is 0.0243. The van der Waals surface area contributed by atoms with Crippen LogP contribution < -0.4 is 11.1 Å². The number of nitrogens with one attached hydrogen (secondary N) is 1. The summed E-state index contributed by atoms with van der Waals surface area (Å²) in [6, 6.07) is 0.828. The third-order valence-electron chi connectivity index (χ3n) is 2.54. The quantitative estimate of drug-likeness (QED) is 0.797. The monoisotopic (exact) mass is 213 g/mol. The molecule has 0 spiro atoms. The van der Waals surface area contributed by atoms with E-state index in [2.05, 4.69) is 10.3 Å². The SMILES string of the molecule is NC(CNc1ncc(F)cc1F)C1CC1.